The lowest BCUT2D eigenvalue weighted by molar-refractivity contribution is 0.185. The van der Waals surface area contributed by atoms with Crippen LogP contribution in [-0.4, -0.2) is 28.5 Å². The molecule has 1 aromatic rings. The van der Waals surface area contributed by atoms with Gasteiger partial charge in [-0.25, -0.2) is 0 Å². The van der Waals surface area contributed by atoms with E-state index in [1.807, 2.05) is 4.57 Å². The maximum Gasteiger partial charge on any atom is 0.195 e. The molecule has 0 fully saturated rings. The third kappa shape index (κ3) is 3.76. The Hall–Kier alpha value is -0.680. The summed E-state index contributed by atoms with van der Waals surface area (Å²) < 4.78 is 7.72. The molecule has 86 valence electrons. The van der Waals surface area contributed by atoms with Gasteiger partial charge in [0.05, 0.1) is 6.61 Å². The lowest BCUT2D eigenvalue weighted by Gasteiger charge is -2.17. The summed E-state index contributed by atoms with van der Waals surface area (Å²) in [6.07, 6.45) is 0.907. The minimum atomic E-state index is 0.214. The zero-order chi connectivity index (χ0) is 11.5. The van der Waals surface area contributed by atoms with Crippen molar-refractivity contribution < 1.29 is 4.74 Å². The van der Waals surface area contributed by atoms with Crippen molar-refractivity contribution in [3.05, 3.63) is 10.6 Å². The van der Waals surface area contributed by atoms with Gasteiger partial charge in [-0.15, -0.1) is 0 Å². The van der Waals surface area contributed by atoms with Crippen LogP contribution in [0.1, 0.15) is 26.6 Å². The van der Waals surface area contributed by atoms with Gasteiger partial charge in [0, 0.05) is 20.1 Å². The largest absolute Gasteiger partial charge is 0.383 e. The highest BCUT2D eigenvalue weighted by Gasteiger charge is 2.16. The van der Waals surface area contributed by atoms with E-state index < -0.39 is 0 Å². The molecule has 0 spiro atoms. The van der Waals surface area contributed by atoms with Crippen LogP contribution < -0.4 is 0 Å². The summed E-state index contributed by atoms with van der Waals surface area (Å²) in [5, 5.41) is 7.07. The summed E-state index contributed by atoms with van der Waals surface area (Å²) in [4.78, 5) is 0. The minimum absolute atomic E-state index is 0.214. The van der Waals surface area contributed by atoms with Gasteiger partial charge in [0.25, 0.3) is 0 Å². The Morgan fingerprint density at radius 3 is 2.67 bits per heavy atom. The third-order valence-corrected chi connectivity index (χ3v) is 2.36. The summed E-state index contributed by atoms with van der Waals surface area (Å²) in [5.74, 6) is 1.00. The van der Waals surface area contributed by atoms with E-state index in [1.165, 1.54) is 0 Å². The van der Waals surface area contributed by atoms with Gasteiger partial charge in [-0.05, 0) is 17.6 Å². The Bertz CT molecular complexity index is 361. The summed E-state index contributed by atoms with van der Waals surface area (Å²) in [5.41, 5.74) is 0.214. The first kappa shape index (κ1) is 12.4. The monoisotopic (exact) mass is 229 g/mol. The fourth-order valence-electron chi connectivity index (χ4n) is 1.37. The standard InChI is InChI=1S/C10H19N3OS/c1-10(2,3)7-8-11-12-9(15)13(8)5-6-14-4/h5-7H2,1-4H3,(H,12,15). The smallest absolute Gasteiger partial charge is 0.195 e. The molecule has 0 amide bonds. The topological polar surface area (TPSA) is 42.8 Å². The molecule has 5 heteroatoms. The number of ether oxygens (including phenoxy) is 1. The quantitative estimate of drug-likeness (QED) is 0.805. The van der Waals surface area contributed by atoms with Crippen LogP contribution in [0, 0.1) is 10.2 Å². The molecule has 0 aliphatic rings. The molecule has 0 bridgehead atoms. The lowest BCUT2D eigenvalue weighted by atomic mass is 9.92. The molecule has 0 aromatic carbocycles. The van der Waals surface area contributed by atoms with Crippen LogP contribution in [0.3, 0.4) is 0 Å². The Morgan fingerprint density at radius 1 is 1.47 bits per heavy atom. The molecule has 0 aliphatic carbocycles. The highest BCUT2D eigenvalue weighted by molar-refractivity contribution is 7.71. The minimum Gasteiger partial charge on any atom is -0.383 e. The molecule has 4 nitrogen and oxygen atoms in total. The van der Waals surface area contributed by atoms with Crippen LogP contribution in [0.4, 0.5) is 0 Å². The normalized spacial score (nSPS) is 12.0. The molecule has 0 saturated heterocycles. The van der Waals surface area contributed by atoms with Crippen LogP contribution in [0.25, 0.3) is 0 Å². The van der Waals surface area contributed by atoms with E-state index in [1.54, 1.807) is 7.11 Å². The predicted octanol–water partition coefficient (Wildman–Crippen LogP) is 2.18. The zero-order valence-corrected chi connectivity index (χ0v) is 10.6. The summed E-state index contributed by atoms with van der Waals surface area (Å²) in [7, 11) is 1.69. The van der Waals surface area contributed by atoms with E-state index in [-0.39, 0.29) is 5.41 Å². The van der Waals surface area contributed by atoms with Gasteiger partial charge in [-0.1, -0.05) is 20.8 Å². The number of nitrogens with zero attached hydrogens (tertiary/aromatic N) is 2. The zero-order valence-electron chi connectivity index (χ0n) is 9.83. The molecule has 0 atom stereocenters. The molecule has 1 aromatic heterocycles. The summed E-state index contributed by atoms with van der Waals surface area (Å²) in [6, 6.07) is 0. The van der Waals surface area contributed by atoms with Crippen LogP contribution in [0.15, 0.2) is 0 Å². The van der Waals surface area contributed by atoms with Crippen LogP contribution >= 0.6 is 12.2 Å². The Balaban J connectivity index is 2.84. The average Bonchev–Trinajstić information content (AvgIpc) is 2.42. The van der Waals surface area contributed by atoms with E-state index in [9.17, 15) is 0 Å². The molecular weight excluding hydrogens is 210 g/mol. The Labute approximate surface area is 95.7 Å². The van der Waals surface area contributed by atoms with E-state index in [0.717, 1.165) is 18.8 Å². The van der Waals surface area contributed by atoms with Crippen molar-refractivity contribution in [2.24, 2.45) is 5.41 Å². The number of aromatic nitrogens is 3. The van der Waals surface area contributed by atoms with E-state index in [2.05, 4.69) is 31.0 Å². The highest BCUT2D eigenvalue weighted by atomic mass is 32.1. The number of nitrogens with one attached hydrogen (secondary N) is 1. The van der Waals surface area contributed by atoms with Gasteiger partial charge >= 0.3 is 0 Å². The third-order valence-electron chi connectivity index (χ3n) is 2.04. The number of methoxy groups -OCH3 is 1. The number of aromatic amines is 1. The number of rotatable bonds is 4. The van der Waals surface area contributed by atoms with Crippen LogP contribution in [0.5, 0.6) is 0 Å². The SMILES string of the molecule is COCCn1c(CC(C)(C)C)n[nH]c1=S. The second kappa shape index (κ2) is 4.90. The Morgan fingerprint density at radius 2 is 2.13 bits per heavy atom. The summed E-state index contributed by atoms with van der Waals surface area (Å²) >= 11 is 5.16. The van der Waals surface area contributed by atoms with E-state index >= 15 is 0 Å². The predicted molar refractivity (Wildman–Crippen MR) is 62.4 cm³/mol. The van der Waals surface area contributed by atoms with Gasteiger partial charge in [-0.2, -0.15) is 5.10 Å². The van der Waals surface area contributed by atoms with Gasteiger partial charge in [0.1, 0.15) is 5.82 Å². The molecular formula is C10H19N3OS. The van der Waals surface area contributed by atoms with Crippen LogP contribution in [-0.2, 0) is 17.7 Å². The van der Waals surface area contributed by atoms with Crippen molar-refractivity contribution in [3.8, 4) is 0 Å². The van der Waals surface area contributed by atoms with Crippen LogP contribution in [0.2, 0.25) is 0 Å². The van der Waals surface area contributed by atoms with Crippen molar-refractivity contribution >= 4 is 12.2 Å². The van der Waals surface area contributed by atoms with E-state index in [0.29, 0.717) is 11.4 Å². The number of hydrogen-bond acceptors (Lipinski definition) is 3. The molecule has 1 heterocycles. The number of hydrogen-bond donors (Lipinski definition) is 1. The fraction of sp³-hybridized carbons (Fsp3) is 0.800. The Kier molecular flexibility index (Phi) is 4.04. The van der Waals surface area contributed by atoms with Crippen molar-refractivity contribution in [2.75, 3.05) is 13.7 Å². The molecule has 1 rings (SSSR count). The van der Waals surface area contributed by atoms with Gasteiger partial charge in [-0.3, -0.25) is 5.10 Å². The second-order valence-electron chi connectivity index (χ2n) is 4.83. The number of H-pyrrole nitrogens is 1. The first-order chi connectivity index (χ1) is 6.94. The fourth-order valence-corrected chi connectivity index (χ4v) is 1.62. The molecule has 0 saturated carbocycles. The highest BCUT2D eigenvalue weighted by Crippen LogP contribution is 2.19. The lowest BCUT2D eigenvalue weighted by Crippen LogP contribution is -2.16. The van der Waals surface area contributed by atoms with Crippen molar-refractivity contribution in [3.63, 3.8) is 0 Å². The second-order valence-corrected chi connectivity index (χ2v) is 5.21. The van der Waals surface area contributed by atoms with Crippen molar-refractivity contribution in [2.45, 2.75) is 33.7 Å². The first-order valence-corrected chi connectivity index (χ1v) is 5.48. The average molecular weight is 229 g/mol. The first-order valence-electron chi connectivity index (χ1n) is 5.07. The van der Waals surface area contributed by atoms with Gasteiger partial charge in [0.2, 0.25) is 0 Å². The maximum absolute atomic E-state index is 5.16. The molecule has 0 radical (unpaired) electrons. The molecule has 0 unspecified atom stereocenters. The van der Waals surface area contributed by atoms with Crippen molar-refractivity contribution in [1.29, 1.82) is 0 Å². The molecule has 1 N–H and O–H groups in total. The van der Waals surface area contributed by atoms with Crippen molar-refractivity contribution in [1.82, 2.24) is 14.8 Å². The van der Waals surface area contributed by atoms with Gasteiger partial charge in [0.15, 0.2) is 4.77 Å². The maximum atomic E-state index is 5.16. The van der Waals surface area contributed by atoms with E-state index in [4.69, 9.17) is 17.0 Å². The summed E-state index contributed by atoms with van der Waals surface area (Å²) in [6.45, 7) is 7.98. The molecule has 15 heavy (non-hydrogen) atoms. The molecule has 0 aliphatic heterocycles. The van der Waals surface area contributed by atoms with Gasteiger partial charge < -0.3 is 9.30 Å².